The van der Waals surface area contributed by atoms with Gasteiger partial charge in [0.2, 0.25) is 0 Å². The zero-order chi connectivity index (χ0) is 11.4. The van der Waals surface area contributed by atoms with Gasteiger partial charge >= 0.3 is 0 Å². The van der Waals surface area contributed by atoms with Crippen molar-refractivity contribution in [3.05, 3.63) is 0 Å². The third-order valence-electron chi connectivity index (χ3n) is 3.38. The topological polar surface area (TPSA) is 0 Å². The fraction of sp³-hybridized carbons (Fsp3) is 1.00. The van der Waals surface area contributed by atoms with E-state index in [0.717, 1.165) is 17.8 Å². The first-order valence-corrected chi connectivity index (χ1v) is 6.26. The van der Waals surface area contributed by atoms with Gasteiger partial charge in [-0.3, -0.25) is 0 Å². The van der Waals surface area contributed by atoms with Gasteiger partial charge in [0.25, 0.3) is 0 Å². The third kappa shape index (κ3) is 6.45. The van der Waals surface area contributed by atoms with Crippen LogP contribution in [0.4, 0.5) is 0 Å². The molecule has 0 spiro atoms. The quantitative estimate of drug-likeness (QED) is 0.574. The van der Waals surface area contributed by atoms with Crippen LogP contribution in [0.2, 0.25) is 0 Å². The predicted molar refractivity (Wildman–Crippen MR) is 66.5 cm³/mol. The zero-order valence-corrected chi connectivity index (χ0v) is 11.4. The molecule has 0 aliphatic rings. The lowest BCUT2D eigenvalue weighted by molar-refractivity contribution is 0.223. The molecule has 0 saturated heterocycles. The van der Waals surface area contributed by atoms with Crippen molar-refractivity contribution in [2.45, 2.75) is 67.7 Å². The molecule has 0 N–H and O–H groups in total. The van der Waals surface area contributed by atoms with Crippen molar-refractivity contribution in [2.24, 2.45) is 23.2 Å². The smallest absolute Gasteiger partial charge is 0.0380 e. The van der Waals surface area contributed by atoms with E-state index in [-0.39, 0.29) is 0 Å². The first-order valence-electron chi connectivity index (χ1n) is 6.26. The first-order chi connectivity index (χ1) is 6.26. The van der Waals surface area contributed by atoms with Crippen LogP contribution in [-0.2, 0) is 0 Å². The third-order valence-corrected chi connectivity index (χ3v) is 3.38. The van der Waals surface area contributed by atoms with E-state index in [4.69, 9.17) is 0 Å². The Morgan fingerprint density at radius 2 is 1.43 bits per heavy atom. The minimum absolute atomic E-state index is 0.489. The summed E-state index contributed by atoms with van der Waals surface area (Å²) in [5.41, 5.74) is 0.489. The van der Waals surface area contributed by atoms with Crippen molar-refractivity contribution < 1.29 is 0 Å². The predicted octanol–water partition coefficient (Wildman–Crippen LogP) is 5.13. The molecule has 86 valence electrons. The van der Waals surface area contributed by atoms with Crippen molar-refractivity contribution in [1.29, 1.82) is 0 Å². The summed E-state index contributed by atoms with van der Waals surface area (Å²) >= 11 is 0. The average Bonchev–Trinajstić information content (AvgIpc) is 2.00. The molecule has 3 unspecified atom stereocenters. The van der Waals surface area contributed by atoms with Crippen LogP contribution in [0.15, 0.2) is 0 Å². The molecule has 0 saturated carbocycles. The molecule has 0 aromatic rings. The van der Waals surface area contributed by atoms with E-state index in [2.05, 4.69) is 48.5 Å². The largest absolute Gasteiger partial charge is 0.0651 e. The summed E-state index contributed by atoms with van der Waals surface area (Å²) in [4.78, 5) is 0. The van der Waals surface area contributed by atoms with Crippen LogP contribution in [0, 0.1) is 23.2 Å². The Bertz CT molecular complexity index is 141. The lowest BCUT2D eigenvalue weighted by Gasteiger charge is -2.29. The van der Waals surface area contributed by atoms with Crippen LogP contribution in [0.25, 0.3) is 0 Å². The maximum absolute atomic E-state index is 2.42. The molecule has 0 heterocycles. The lowest BCUT2D eigenvalue weighted by Crippen LogP contribution is -2.18. The molecule has 14 heavy (non-hydrogen) atoms. The van der Waals surface area contributed by atoms with Gasteiger partial charge in [-0.15, -0.1) is 0 Å². The summed E-state index contributed by atoms with van der Waals surface area (Å²) in [7, 11) is 0. The van der Waals surface area contributed by atoms with Gasteiger partial charge in [0, 0.05) is 0 Å². The molecule has 0 rings (SSSR count). The van der Waals surface area contributed by atoms with Gasteiger partial charge < -0.3 is 0 Å². The van der Waals surface area contributed by atoms with E-state index < -0.39 is 0 Å². The summed E-state index contributed by atoms with van der Waals surface area (Å²) in [6.07, 6.45) is 4.07. The van der Waals surface area contributed by atoms with Crippen LogP contribution in [-0.4, -0.2) is 0 Å². The van der Waals surface area contributed by atoms with Crippen molar-refractivity contribution in [3.63, 3.8) is 0 Å². The van der Waals surface area contributed by atoms with Crippen LogP contribution >= 0.6 is 0 Å². The summed E-state index contributed by atoms with van der Waals surface area (Å²) in [6, 6.07) is 0. The van der Waals surface area contributed by atoms with Crippen LogP contribution in [0.1, 0.15) is 67.7 Å². The van der Waals surface area contributed by atoms with Gasteiger partial charge in [-0.25, -0.2) is 0 Å². The molecule has 3 atom stereocenters. The molecule has 0 bridgehead atoms. The highest BCUT2D eigenvalue weighted by Gasteiger charge is 2.20. The summed E-state index contributed by atoms with van der Waals surface area (Å²) in [5.74, 6) is 2.64. The molecule has 0 amide bonds. The molecule has 0 nitrogen and oxygen atoms in total. The van der Waals surface area contributed by atoms with Gasteiger partial charge in [-0.1, -0.05) is 54.9 Å². The fourth-order valence-electron chi connectivity index (χ4n) is 2.20. The van der Waals surface area contributed by atoms with Crippen LogP contribution in [0.5, 0.6) is 0 Å². The van der Waals surface area contributed by atoms with E-state index in [9.17, 15) is 0 Å². The second kappa shape index (κ2) is 5.78. The monoisotopic (exact) mass is 198 g/mol. The van der Waals surface area contributed by atoms with Crippen molar-refractivity contribution in [2.75, 3.05) is 0 Å². The first kappa shape index (κ1) is 14.0. The van der Waals surface area contributed by atoms with Crippen LogP contribution in [0.3, 0.4) is 0 Å². The molecule has 0 fully saturated rings. The van der Waals surface area contributed by atoms with E-state index >= 15 is 0 Å². The summed E-state index contributed by atoms with van der Waals surface area (Å²) in [5, 5.41) is 0. The fourth-order valence-corrected chi connectivity index (χ4v) is 2.20. The Morgan fingerprint density at radius 1 is 0.929 bits per heavy atom. The molecule has 0 aromatic heterocycles. The van der Waals surface area contributed by atoms with Gasteiger partial charge in [0.1, 0.15) is 0 Å². The normalized spacial score (nSPS) is 19.1. The Hall–Kier alpha value is 0. The Labute approximate surface area is 91.5 Å². The number of hydrogen-bond donors (Lipinski definition) is 0. The standard InChI is InChI=1S/C14H30/c1-8-11(2)9-12(3)13(4)10-14(5,6)7/h11-13H,8-10H2,1-7H3. The van der Waals surface area contributed by atoms with E-state index in [0.29, 0.717) is 5.41 Å². The highest BCUT2D eigenvalue weighted by atomic mass is 14.3. The van der Waals surface area contributed by atoms with Gasteiger partial charge in [0.05, 0.1) is 0 Å². The number of hydrogen-bond acceptors (Lipinski definition) is 0. The Morgan fingerprint density at radius 3 is 1.79 bits per heavy atom. The van der Waals surface area contributed by atoms with E-state index in [1.54, 1.807) is 0 Å². The average molecular weight is 198 g/mol. The van der Waals surface area contributed by atoms with E-state index in [1.165, 1.54) is 19.3 Å². The highest BCUT2D eigenvalue weighted by molar-refractivity contribution is 4.71. The maximum Gasteiger partial charge on any atom is -0.0380 e. The molecule has 0 heteroatoms. The molecule has 0 aliphatic carbocycles. The Balaban J connectivity index is 3.93. The van der Waals surface area contributed by atoms with Crippen molar-refractivity contribution in [3.8, 4) is 0 Å². The SMILES string of the molecule is CCC(C)CC(C)C(C)CC(C)(C)C. The number of rotatable bonds is 5. The van der Waals surface area contributed by atoms with Gasteiger partial charge in [-0.05, 0) is 36.0 Å². The summed E-state index contributed by atoms with van der Waals surface area (Å²) in [6.45, 7) is 16.5. The highest BCUT2D eigenvalue weighted by Crippen LogP contribution is 2.31. The van der Waals surface area contributed by atoms with Crippen molar-refractivity contribution in [1.82, 2.24) is 0 Å². The Kier molecular flexibility index (Phi) is 5.78. The summed E-state index contributed by atoms with van der Waals surface area (Å²) < 4.78 is 0. The molecule has 0 radical (unpaired) electrons. The van der Waals surface area contributed by atoms with Gasteiger partial charge in [0.15, 0.2) is 0 Å². The second-order valence-electron chi connectivity index (χ2n) is 6.47. The second-order valence-corrected chi connectivity index (χ2v) is 6.47. The van der Waals surface area contributed by atoms with Gasteiger partial charge in [-0.2, -0.15) is 0 Å². The zero-order valence-electron chi connectivity index (χ0n) is 11.4. The lowest BCUT2D eigenvalue weighted by atomic mass is 9.77. The van der Waals surface area contributed by atoms with E-state index in [1.807, 2.05) is 0 Å². The molecular formula is C14H30. The molecule has 0 aliphatic heterocycles. The van der Waals surface area contributed by atoms with Crippen LogP contribution < -0.4 is 0 Å². The minimum Gasteiger partial charge on any atom is -0.0651 e. The molecular weight excluding hydrogens is 168 g/mol. The molecule has 0 aromatic carbocycles. The minimum atomic E-state index is 0.489. The maximum atomic E-state index is 2.42. The van der Waals surface area contributed by atoms with Crippen molar-refractivity contribution >= 4 is 0 Å².